The topological polar surface area (TPSA) is 105 Å². The van der Waals surface area contributed by atoms with E-state index in [1.165, 1.54) is 4.90 Å². The molecule has 0 bridgehead atoms. The number of hydrogen-bond donors (Lipinski definition) is 2. The Labute approximate surface area is 192 Å². The van der Waals surface area contributed by atoms with E-state index in [0.717, 1.165) is 22.3 Å². The van der Waals surface area contributed by atoms with Crippen molar-refractivity contribution in [3.63, 3.8) is 0 Å². The molecule has 33 heavy (non-hydrogen) atoms. The number of amides is 2. The number of carbonyl (C=O) groups is 3. The van der Waals surface area contributed by atoms with Gasteiger partial charge in [-0.3, -0.25) is 9.59 Å². The molecule has 4 rings (SSSR count). The Morgan fingerprint density at radius 3 is 2.39 bits per heavy atom. The number of nitrogens with zero attached hydrogens (tertiary/aromatic N) is 1. The molecule has 2 N–H and O–H groups in total. The summed E-state index contributed by atoms with van der Waals surface area (Å²) in [7, 11) is 0. The summed E-state index contributed by atoms with van der Waals surface area (Å²) in [6.07, 6.45) is -0.693. The van der Waals surface area contributed by atoms with Gasteiger partial charge < -0.3 is 24.8 Å². The Morgan fingerprint density at radius 2 is 1.76 bits per heavy atom. The minimum absolute atomic E-state index is 0.0368. The molecule has 0 radical (unpaired) electrons. The zero-order valence-electron chi connectivity index (χ0n) is 18.5. The third-order valence-electron chi connectivity index (χ3n) is 6.15. The molecule has 0 spiro atoms. The molecule has 0 aromatic heterocycles. The van der Waals surface area contributed by atoms with Crippen molar-refractivity contribution in [2.75, 3.05) is 26.4 Å². The molecule has 2 atom stereocenters. The zero-order chi connectivity index (χ0) is 23.4. The summed E-state index contributed by atoms with van der Waals surface area (Å²) in [6.45, 7) is 2.84. The predicted octanol–water partition coefficient (Wildman–Crippen LogP) is 3.01. The highest BCUT2D eigenvalue weighted by molar-refractivity contribution is 5.80. The maximum absolute atomic E-state index is 12.7. The number of carboxylic acid groups (broad SMARTS) is 1. The molecule has 1 aliphatic heterocycles. The van der Waals surface area contributed by atoms with Gasteiger partial charge in [0, 0.05) is 24.9 Å². The van der Waals surface area contributed by atoms with Crippen LogP contribution in [0.15, 0.2) is 48.5 Å². The van der Waals surface area contributed by atoms with Crippen LogP contribution in [0, 0.1) is 0 Å². The number of morpholine rings is 1. The van der Waals surface area contributed by atoms with Gasteiger partial charge in [-0.05, 0) is 29.2 Å². The summed E-state index contributed by atoms with van der Waals surface area (Å²) in [5.41, 5.74) is 4.57. The normalized spacial score (nSPS) is 18.2. The first-order chi connectivity index (χ1) is 15.9. The fourth-order valence-corrected chi connectivity index (χ4v) is 4.63. The molecule has 1 fully saturated rings. The minimum atomic E-state index is -0.979. The largest absolute Gasteiger partial charge is 0.481 e. The quantitative estimate of drug-likeness (QED) is 0.669. The molecule has 2 amide bonds. The van der Waals surface area contributed by atoms with Crippen LogP contribution in [0.25, 0.3) is 11.1 Å². The lowest BCUT2D eigenvalue weighted by Gasteiger charge is -2.35. The summed E-state index contributed by atoms with van der Waals surface area (Å²) >= 11 is 0. The first kappa shape index (κ1) is 22.8. The number of nitrogens with one attached hydrogen (secondary N) is 1. The second-order valence-electron chi connectivity index (χ2n) is 8.49. The summed E-state index contributed by atoms with van der Waals surface area (Å²) in [4.78, 5) is 37.8. The van der Waals surface area contributed by atoms with Crippen molar-refractivity contribution >= 4 is 18.0 Å². The van der Waals surface area contributed by atoms with Crippen LogP contribution in [-0.2, 0) is 19.1 Å². The van der Waals surface area contributed by atoms with Gasteiger partial charge in [0.1, 0.15) is 6.61 Å². The molecule has 1 heterocycles. The Balaban J connectivity index is 1.31. The monoisotopic (exact) mass is 452 g/mol. The van der Waals surface area contributed by atoms with Crippen molar-refractivity contribution in [3.8, 4) is 11.1 Å². The maximum atomic E-state index is 12.7. The maximum Gasteiger partial charge on any atom is 0.407 e. The lowest BCUT2D eigenvalue weighted by molar-refractivity contribution is -0.146. The first-order valence-electron chi connectivity index (χ1n) is 11.1. The van der Waals surface area contributed by atoms with Gasteiger partial charge in [-0.15, -0.1) is 0 Å². The second-order valence-corrected chi connectivity index (χ2v) is 8.49. The van der Waals surface area contributed by atoms with Crippen molar-refractivity contribution in [2.45, 2.75) is 37.8 Å². The van der Waals surface area contributed by atoms with E-state index in [4.69, 9.17) is 14.6 Å². The molecular weight excluding hydrogens is 424 g/mol. The van der Waals surface area contributed by atoms with Gasteiger partial charge in [-0.25, -0.2) is 4.79 Å². The highest BCUT2D eigenvalue weighted by Crippen LogP contribution is 2.44. The van der Waals surface area contributed by atoms with E-state index in [1.807, 2.05) is 24.3 Å². The molecule has 2 aromatic rings. The summed E-state index contributed by atoms with van der Waals surface area (Å²) in [5, 5.41) is 11.8. The molecule has 1 aliphatic carbocycles. The van der Waals surface area contributed by atoms with Crippen LogP contribution in [0.2, 0.25) is 0 Å². The highest BCUT2D eigenvalue weighted by atomic mass is 16.5. The highest BCUT2D eigenvalue weighted by Gasteiger charge is 2.31. The van der Waals surface area contributed by atoms with Crippen LogP contribution in [0.4, 0.5) is 4.79 Å². The lowest BCUT2D eigenvalue weighted by atomic mass is 9.98. The van der Waals surface area contributed by atoms with Crippen LogP contribution in [0.5, 0.6) is 0 Å². The minimum Gasteiger partial charge on any atom is -0.481 e. The van der Waals surface area contributed by atoms with Crippen LogP contribution >= 0.6 is 0 Å². The summed E-state index contributed by atoms with van der Waals surface area (Å²) in [6, 6.07) is 15.3. The third kappa shape index (κ3) is 5.17. The van der Waals surface area contributed by atoms with Crippen molar-refractivity contribution in [3.05, 3.63) is 59.7 Å². The molecule has 174 valence electrons. The summed E-state index contributed by atoms with van der Waals surface area (Å²) < 4.78 is 10.9. The van der Waals surface area contributed by atoms with E-state index in [0.29, 0.717) is 13.2 Å². The van der Waals surface area contributed by atoms with Gasteiger partial charge in [0.05, 0.1) is 25.7 Å². The van der Waals surface area contributed by atoms with Crippen molar-refractivity contribution in [1.29, 1.82) is 0 Å². The molecule has 2 aliphatic rings. The number of hydrogen-bond acceptors (Lipinski definition) is 5. The fourth-order valence-electron chi connectivity index (χ4n) is 4.63. The van der Waals surface area contributed by atoms with Gasteiger partial charge in [-0.1, -0.05) is 48.5 Å². The smallest absolute Gasteiger partial charge is 0.407 e. The standard InChI is InChI=1S/C25H28N2O6/c1-16(12-23(28)27-10-11-32-14-17(27)13-24(29)30)26-25(31)33-15-22-20-8-4-2-6-18(20)19-7-3-5-9-21(19)22/h2-9,16-17,22H,10-15H2,1H3,(H,26,31)(H,29,30)/t16-,17?/m1/s1. The number of alkyl carbamates (subject to hydrolysis) is 1. The molecule has 8 nitrogen and oxygen atoms in total. The zero-order valence-corrected chi connectivity index (χ0v) is 18.5. The number of ether oxygens (including phenoxy) is 2. The van der Waals surface area contributed by atoms with Crippen molar-refractivity contribution in [1.82, 2.24) is 10.2 Å². The first-order valence-corrected chi connectivity index (χ1v) is 11.1. The number of carbonyl (C=O) groups excluding carboxylic acids is 2. The molecule has 0 saturated carbocycles. The van der Waals surface area contributed by atoms with Gasteiger partial charge in [0.2, 0.25) is 5.91 Å². The average molecular weight is 453 g/mol. The van der Waals surface area contributed by atoms with E-state index in [2.05, 4.69) is 29.6 Å². The van der Waals surface area contributed by atoms with E-state index in [9.17, 15) is 14.4 Å². The lowest BCUT2D eigenvalue weighted by Crippen LogP contribution is -2.51. The average Bonchev–Trinajstić information content (AvgIpc) is 3.11. The van der Waals surface area contributed by atoms with E-state index >= 15 is 0 Å². The Hall–Kier alpha value is -3.39. The molecule has 8 heteroatoms. The van der Waals surface area contributed by atoms with Crippen molar-refractivity contribution < 1.29 is 29.0 Å². The van der Waals surface area contributed by atoms with Crippen molar-refractivity contribution in [2.24, 2.45) is 0 Å². The van der Waals surface area contributed by atoms with Gasteiger partial charge in [0.25, 0.3) is 0 Å². The Kier molecular flexibility index (Phi) is 6.93. The molecule has 2 aromatic carbocycles. The van der Waals surface area contributed by atoms with E-state index in [-0.39, 0.29) is 37.9 Å². The Bertz CT molecular complexity index is 994. The van der Waals surface area contributed by atoms with Crippen LogP contribution < -0.4 is 5.32 Å². The summed E-state index contributed by atoms with van der Waals surface area (Å²) in [5.74, 6) is -1.23. The second kappa shape index (κ2) is 10.0. The predicted molar refractivity (Wildman–Crippen MR) is 121 cm³/mol. The Morgan fingerprint density at radius 1 is 1.12 bits per heavy atom. The number of aliphatic carboxylic acids is 1. The number of rotatable bonds is 7. The molecular formula is C25H28N2O6. The molecule has 1 saturated heterocycles. The van der Waals surface area contributed by atoms with Crippen LogP contribution in [0.3, 0.4) is 0 Å². The van der Waals surface area contributed by atoms with E-state index < -0.39 is 24.1 Å². The van der Waals surface area contributed by atoms with E-state index in [1.54, 1.807) is 6.92 Å². The number of carboxylic acids is 1. The number of fused-ring (bicyclic) bond motifs is 3. The number of benzene rings is 2. The fraction of sp³-hybridized carbons (Fsp3) is 0.400. The third-order valence-corrected chi connectivity index (χ3v) is 6.15. The SMILES string of the molecule is C[C@H](CC(=O)N1CCOCC1CC(=O)O)NC(=O)OCC1c2ccccc2-c2ccccc21. The van der Waals surface area contributed by atoms with Crippen LogP contribution in [-0.4, -0.2) is 66.4 Å². The van der Waals surface area contributed by atoms with Gasteiger partial charge in [0.15, 0.2) is 0 Å². The van der Waals surface area contributed by atoms with Gasteiger partial charge in [-0.2, -0.15) is 0 Å². The van der Waals surface area contributed by atoms with Crippen LogP contribution in [0.1, 0.15) is 36.8 Å². The van der Waals surface area contributed by atoms with Gasteiger partial charge >= 0.3 is 12.1 Å². The molecule has 1 unspecified atom stereocenters.